The number of aryl methyl sites for hydroxylation is 2. The Morgan fingerprint density at radius 3 is 2.39 bits per heavy atom. The number of ether oxygens (including phenoxy) is 1. The van der Waals surface area contributed by atoms with E-state index in [-0.39, 0.29) is 17.2 Å². The molecule has 1 atom stereocenters. The SMILES string of the molecule is COc1cc(C)c(C)cc1S(=O)(=O)NC[C@@H](O)c1ccc(-c2ccco2)cc1. The summed E-state index contributed by atoms with van der Waals surface area (Å²) < 4.78 is 38.4. The molecule has 1 aromatic heterocycles. The molecule has 0 aliphatic rings. The van der Waals surface area contributed by atoms with E-state index in [1.807, 2.05) is 32.0 Å². The van der Waals surface area contributed by atoms with Gasteiger partial charge in [-0.25, -0.2) is 13.1 Å². The van der Waals surface area contributed by atoms with Crippen molar-refractivity contribution >= 4 is 10.0 Å². The van der Waals surface area contributed by atoms with E-state index in [2.05, 4.69) is 4.72 Å². The van der Waals surface area contributed by atoms with Gasteiger partial charge in [0.1, 0.15) is 16.4 Å². The number of hydrogen-bond acceptors (Lipinski definition) is 5. The lowest BCUT2D eigenvalue weighted by molar-refractivity contribution is 0.182. The molecule has 0 spiro atoms. The summed E-state index contributed by atoms with van der Waals surface area (Å²) in [5.74, 6) is 0.997. The van der Waals surface area contributed by atoms with Gasteiger partial charge in [-0.3, -0.25) is 0 Å². The monoisotopic (exact) mass is 401 g/mol. The minimum atomic E-state index is -3.84. The normalized spacial score (nSPS) is 12.7. The van der Waals surface area contributed by atoms with Gasteiger partial charge in [-0.15, -0.1) is 0 Å². The van der Waals surface area contributed by atoms with Gasteiger partial charge >= 0.3 is 0 Å². The van der Waals surface area contributed by atoms with Crippen LogP contribution in [-0.2, 0) is 10.0 Å². The van der Waals surface area contributed by atoms with Crippen LogP contribution in [0.15, 0.2) is 64.1 Å². The Labute approximate surface area is 164 Å². The molecule has 0 saturated carbocycles. The Kier molecular flexibility index (Phi) is 5.88. The Hall–Kier alpha value is -2.61. The predicted molar refractivity (Wildman–Crippen MR) is 107 cm³/mol. The maximum atomic E-state index is 12.7. The second-order valence-electron chi connectivity index (χ2n) is 6.55. The molecule has 3 rings (SSSR count). The molecule has 0 aliphatic carbocycles. The highest BCUT2D eigenvalue weighted by Crippen LogP contribution is 2.28. The molecule has 7 heteroatoms. The molecule has 2 aromatic carbocycles. The van der Waals surface area contributed by atoms with Crippen molar-refractivity contribution in [3.63, 3.8) is 0 Å². The Balaban J connectivity index is 1.73. The van der Waals surface area contributed by atoms with E-state index in [4.69, 9.17) is 9.15 Å². The lowest BCUT2D eigenvalue weighted by Gasteiger charge is -2.16. The van der Waals surface area contributed by atoms with E-state index in [9.17, 15) is 13.5 Å². The van der Waals surface area contributed by atoms with Crippen LogP contribution >= 0.6 is 0 Å². The molecule has 6 nitrogen and oxygen atoms in total. The molecule has 148 valence electrons. The molecule has 1 heterocycles. The van der Waals surface area contributed by atoms with Crippen molar-refractivity contribution < 1.29 is 22.7 Å². The summed E-state index contributed by atoms with van der Waals surface area (Å²) in [6.45, 7) is 3.57. The standard InChI is InChI=1S/C21H23NO5S/c1-14-11-20(26-3)21(12-15(14)2)28(24,25)22-13-18(23)16-6-8-17(9-7-16)19-5-4-10-27-19/h4-12,18,22-23H,13H2,1-3H3/t18-/m1/s1. The molecule has 0 radical (unpaired) electrons. The third-order valence-corrected chi connectivity index (χ3v) is 6.08. The van der Waals surface area contributed by atoms with E-state index in [0.29, 0.717) is 5.56 Å². The summed E-state index contributed by atoms with van der Waals surface area (Å²) in [6.07, 6.45) is 0.603. The van der Waals surface area contributed by atoms with Gasteiger partial charge in [0.05, 0.1) is 19.5 Å². The first kappa shape index (κ1) is 20.1. The summed E-state index contributed by atoms with van der Waals surface area (Å²) in [7, 11) is -2.41. The van der Waals surface area contributed by atoms with Crippen molar-refractivity contribution in [2.24, 2.45) is 0 Å². The van der Waals surface area contributed by atoms with E-state index >= 15 is 0 Å². The van der Waals surface area contributed by atoms with Crippen LogP contribution in [0.4, 0.5) is 0 Å². The van der Waals surface area contributed by atoms with Crippen molar-refractivity contribution in [2.75, 3.05) is 13.7 Å². The first-order valence-corrected chi connectivity index (χ1v) is 10.3. The first-order valence-electron chi connectivity index (χ1n) is 8.78. The molecule has 28 heavy (non-hydrogen) atoms. The number of benzene rings is 2. The fourth-order valence-corrected chi connectivity index (χ4v) is 4.10. The zero-order chi connectivity index (χ0) is 20.3. The molecule has 0 bridgehead atoms. The quantitative estimate of drug-likeness (QED) is 0.632. The Morgan fingerprint density at radius 1 is 1.11 bits per heavy atom. The zero-order valence-electron chi connectivity index (χ0n) is 16.0. The van der Waals surface area contributed by atoms with Gasteiger partial charge in [-0.2, -0.15) is 0 Å². The fourth-order valence-electron chi connectivity index (χ4n) is 2.83. The van der Waals surface area contributed by atoms with Gasteiger partial charge < -0.3 is 14.3 Å². The topological polar surface area (TPSA) is 88.8 Å². The maximum absolute atomic E-state index is 12.7. The molecule has 3 aromatic rings. The van der Waals surface area contributed by atoms with Gasteiger partial charge in [0, 0.05) is 12.1 Å². The van der Waals surface area contributed by atoms with Crippen molar-refractivity contribution in [1.82, 2.24) is 4.72 Å². The number of methoxy groups -OCH3 is 1. The molecular weight excluding hydrogens is 378 g/mol. The van der Waals surface area contributed by atoms with Crippen LogP contribution in [0.2, 0.25) is 0 Å². The third-order valence-electron chi connectivity index (χ3n) is 4.64. The number of aliphatic hydroxyl groups is 1. The average Bonchev–Trinajstić information content (AvgIpc) is 3.23. The first-order chi connectivity index (χ1) is 13.3. The smallest absolute Gasteiger partial charge is 0.244 e. The Morgan fingerprint density at radius 2 is 1.79 bits per heavy atom. The highest BCUT2D eigenvalue weighted by atomic mass is 32.2. The molecule has 0 unspecified atom stereocenters. The number of sulfonamides is 1. The highest BCUT2D eigenvalue weighted by Gasteiger charge is 2.22. The second-order valence-corrected chi connectivity index (χ2v) is 8.29. The minimum Gasteiger partial charge on any atom is -0.495 e. The molecule has 0 amide bonds. The third kappa shape index (κ3) is 4.27. The number of nitrogens with one attached hydrogen (secondary N) is 1. The largest absolute Gasteiger partial charge is 0.495 e. The number of hydrogen-bond donors (Lipinski definition) is 2. The summed E-state index contributed by atoms with van der Waals surface area (Å²) in [4.78, 5) is 0.0541. The van der Waals surface area contributed by atoms with Gasteiger partial charge in [0.15, 0.2) is 0 Å². The van der Waals surface area contributed by atoms with Crippen molar-refractivity contribution in [3.05, 3.63) is 71.5 Å². The number of aliphatic hydroxyl groups excluding tert-OH is 1. The van der Waals surface area contributed by atoms with Crippen LogP contribution in [-0.4, -0.2) is 27.2 Å². The second kappa shape index (κ2) is 8.18. The zero-order valence-corrected chi connectivity index (χ0v) is 16.8. The Bertz CT molecular complexity index is 1040. The number of furan rings is 1. The predicted octanol–water partition coefficient (Wildman–Crippen LogP) is 3.58. The molecular formula is C21H23NO5S. The van der Waals surface area contributed by atoms with Crippen LogP contribution in [0.25, 0.3) is 11.3 Å². The van der Waals surface area contributed by atoms with E-state index in [1.54, 1.807) is 36.6 Å². The average molecular weight is 401 g/mol. The van der Waals surface area contributed by atoms with Crippen molar-refractivity contribution in [2.45, 2.75) is 24.8 Å². The summed E-state index contributed by atoms with van der Waals surface area (Å²) in [5.41, 5.74) is 3.26. The van der Waals surface area contributed by atoms with Gasteiger partial charge in [-0.1, -0.05) is 24.3 Å². The van der Waals surface area contributed by atoms with Crippen LogP contribution < -0.4 is 9.46 Å². The summed E-state index contributed by atoms with van der Waals surface area (Å²) >= 11 is 0. The van der Waals surface area contributed by atoms with Crippen LogP contribution in [0.3, 0.4) is 0 Å². The molecule has 0 saturated heterocycles. The van der Waals surface area contributed by atoms with E-state index in [1.165, 1.54) is 7.11 Å². The highest BCUT2D eigenvalue weighted by molar-refractivity contribution is 7.89. The van der Waals surface area contributed by atoms with Crippen LogP contribution in [0.1, 0.15) is 22.8 Å². The van der Waals surface area contributed by atoms with Crippen LogP contribution in [0.5, 0.6) is 5.75 Å². The number of rotatable bonds is 7. The lowest BCUT2D eigenvalue weighted by atomic mass is 10.1. The van der Waals surface area contributed by atoms with Crippen LogP contribution in [0, 0.1) is 13.8 Å². The van der Waals surface area contributed by atoms with E-state index < -0.39 is 16.1 Å². The molecule has 2 N–H and O–H groups in total. The maximum Gasteiger partial charge on any atom is 0.244 e. The van der Waals surface area contributed by atoms with Crippen molar-refractivity contribution in [3.8, 4) is 17.1 Å². The van der Waals surface area contributed by atoms with Crippen molar-refractivity contribution in [1.29, 1.82) is 0 Å². The van der Waals surface area contributed by atoms with E-state index in [0.717, 1.165) is 22.5 Å². The fraction of sp³-hybridized carbons (Fsp3) is 0.238. The molecule has 0 fully saturated rings. The van der Waals surface area contributed by atoms with Gasteiger partial charge in [-0.05, 0) is 54.8 Å². The molecule has 0 aliphatic heterocycles. The summed E-state index contributed by atoms with van der Waals surface area (Å²) in [6, 6.07) is 14.0. The van der Waals surface area contributed by atoms with Gasteiger partial charge in [0.2, 0.25) is 10.0 Å². The van der Waals surface area contributed by atoms with Gasteiger partial charge in [0.25, 0.3) is 0 Å². The minimum absolute atomic E-state index is 0.0541. The lowest BCUT2D eigenvalue weighted by Crippen LogP contribution is -2.29. The summed E-state index contributed by atoms with van der Waals surface area (Å²) in [5, 5.41) is 10.4.